The largest absolute Gasteiger partial charge is 0.455 e. The molecule has 2 aromatic rings. The molecule has 0 saturated heterocycles. The van der Waals surface area contributed by atoms with Crippen LogP contribution in [0.1, 0.15) is 30.6 Å². The average Bonchev–Trinajstić information content (AvgIpc) is 2.42. The molecule has 19 heavy (non-hydrogen) atoms. The van der Waals surface area contributed by atoms with Gasteiger partial charge in [-0.05, 0) is 49.2 Å². The standard InChI is InChI=1S/C15H17FN2O/c1-3-13(17)14-6-5-12(9-18-14)19-15-7-4-11(16)8-10(15)2/h4-9,13H,3,17H2,1-2H3. The maximum atomic E-state index is 13.0. The van der Waals surface area contributed by atoms with E-state index in [0.29, 0.717) is 11.5 Å². The summed E-state index contributed by atoms with van der Waals surface area (Å²) in [7, 11) is 0. The molecule has 1 heterocycles. The topological polar surface area (TPSA) is 48.1 Å². The molecular formula is C15H17FN2O. The molecule has 100 valence electrons. The van der Waals surface area contributed by atoms with Crippen LogP contribution in [-0.4, -0.2) is 4.98 Å². The predicted octanol–water partition coefficient (Wildman–Crippen LogP) is 3.73. The third-order valence-electron chi connectivity index (χ3n) is 2.94. The molecule has 1 atom stereocenters. The minimum Gasteiger partial charge on any atom is -0.455 e. The smallest absolute Gasteiger partial charge is 0.145 e. The van der Waals surface area contributed by atoms with Gasteiger partial charge in [0.05, 0.1) is 11.9 Å². The quantitative estimate of drug-likeness (QED) is 0.911. The summed E-state index contributed by atoms with van der Waals surface area (Å²) < 4.78 is 18.6. The lowest BCUT2D eigenvalue weighted by Gasteiger charge is -2.11. The fourth-order valence-electron chi connectivity index (χ4n) is 1.73. The zero-order valence-corrected chi connectivity index (χ0v) is 11.1. The molecule has 1 aromatic heterocycles. The van der Waals surface area contributed by atoms with E-state index in [9.17, 15) is 4.39 Å². The van der Waals surface area contributed by atoms with Crippen LogP contribution in [0.2, 0.25) is 0 Å². The van der Waals surface area contributed by atoms with Crippen LogP contribution in [0.4, 0.5) is 4.39 Å². The molecule has 0 aliphatic rings. The highest BCUT2D eigenvalue weighted by atomic mass is 19.1. The number of halogens is 1. The Morgan fingerprint density at radius 3 is 2.68 bits per heavy atom. The van der Waals surface area contributed by atoms with Gasteiger partial charge in [-0.15, -0.1) is 0 Å². The predicted molar refractivity (Wildman–Crippen MR) is 72.7 cm³/mol. The summed E-state index contributed by atoms with van der Waals surface area (Å²) >= 11 is 0. The van der Waals surface area contributed by atoms with E-state index < -0.39 is 0 Å². The van der Waals surface area contributed by atoms with E-state index in [2.05, 4.69) is 4.98 Å². The molecule has 0 amide bonds. The van der Waals surface area contributed by atoms with Gasteiger partial charge in [-0.1, -0.05) is 6.92 Å². The number of benzene rings is 1. The van der Waals surface area contributed by atoms with Crippen molar-refractivity contribution in [2.45, 2.75) is 26.3 Å². The van der Waals surface area contributed by atoms with Gasteiger partial charge in [0.15, 0.2) is 0 Å². The molecule has 0 aliphatic heterocycles. The van der Waals surface area contributed by atoms with Crippen LogP contribution in [0.5, 0.6) is 11.5 Å². The van der Waals surface area contributed by atoms with Gasteiger partial charge in [-0.3, -0.25) is 4.98 Å². The van der Waals surface area contributed by atoms with Crippen molar-refractivity contribution in [2.24, 2.45) is 5.73 Å². The number of nitrogens with zero attached hydrogens (tertiary/aromatic N) is 1. The zero-order chi connectivity index (χ0) is 13.8. The van der Waals surface area contributed by atoms with Crippen molar-refractivity contribution in [3.05, 3.63) is 53.6 Å². The molecule has 2 rings (SSSR count). The van der Waals surface area contributed by atoms with Gasteiger partial charge in [0, 0.05) is 6.04 Å². The Morgan fingerprint density at radius 2 is 2.11 bits per heavy atom. The molecule has 0 bridgehead atoms. The monoisotopic (exact) mass is 260 g/mol. The van der Waals surface area contributed by atoms with Crippen molar-refractivity contribution in [3.63, 3.8) is 0 Å². The van der Waals surface area contributed by atoms with E-state index in [1.807, 2.05) is 19.1 Å². The molecule has 0 spiro atoms. The third kappa shape index (κ3) is 3.29. The second-order valence-electron chi connectivity index (χ2n) is 4.45. The molecule has 0 fully saturated rings. The van der Waals surface area contributed by atoms with Crippen molar-refractivity contribution in [1.82, 2.24) is 4.98 Å². The second-order valence-corrected chi connectivity index (χ2v) is 4.45. The Bertz CT molecular complexity index is 555. The van der Waals surface area contributed by atoms with E-state index in [4.69, 9.17) is 10.5 Å². The lowest BCUT2D eigenvalue weighted by molar-refractivity contribution is 0.473. The Hall–Kier alpha value is -1.94. The van der Waals surface area contributed by atoms with Crippen LogP contribution >= 0.6 is 0 Å². The highest BCUT2D eigenvalue weighted by Gasteiger charge is 2.06. The van der Waals surface area contributed by atoms with Crippen LogP contribution < -0.4 is 10.5 Å². The molecule has 4 heteroatoms. The summed E-state index contributed by atoms with van der Waals surface area (Å²) in [6.07, 6.45) is 2.47. The number of pyridine rings is 1. The third-order valence-corrected chi connectivity index (χ3v) is 2.94. The van der Waals surface area contributed by atoms with Crippen LogP contribution in [0.25, 0.3) is 0 Å². The van der Waals surface area contributed by atoms with Gasteiger partial charge >= 0.3 is 0 Å². The van der Waals surface area contributed by atoms with Crippen molar-refractivity contribution < 1.29 is 9.13 Å². The first-order valence-corrected chi connectivity index (χ1v) is 6.25. The van der Waals surface area contributed by atoms with Crippen molar-refractivity contribution in [3.8, 4) is 11.5 Å². The lowest BCUT2D eigenvalue weighted by atomic mass is 10.1. The summed E-state index contributed by atoms with van der Waals surface area (Å²) in [6, 6.07) is 8.03. The maximum Gasteiger partial charge on any atom is 0.145 e. The van der Waals surface area contributed by atoms with Crippen LogP contribution in [0, 0.1) is 12.7 Å². The zero-order valence-electron chi connectivity index (χ0n) is 11.1. The minimum atomic E-state index is -0.271. The summed E-state index contributed by atoms with van der Waals surface area (Å²) in [5, 5.41) is 0. The van der Waals surface area contributed by atoms with Gasteiger partial charge < -0.3 is 10.5 Å². The Labute approximate surface area is 112 Å². The maximum absolute atomic E-state index is 13.0. The molecule has 0 aliphatic carbocycles. The number of aryl methyl sites for hydroxylation is 1. The van der Waals surface area contributed by atoms with E-state index in [1.54, 1.807) is 19.2 Å². The summed E-state index contributed by atoms with van der Waals surface area (Å²) in [5.74, 6) is 0.963. The van der Waals surface area contributed by atoms with Crippen molar-refractivity contribution in [2.75, 3.05) is 0 Å². The number of nitrogens with two attached hydrogens (primary N) is 1. The second kappa shape index (κ2) is 5.80. The van der Waals surface area contributed by atoms with Crippen LogP contribution in [0.3, 0.4) is 0 Å². The Morgan fingerprint density at radius 1 is 1.32 bits per heavy atom. The van der Waals surface area contributed by atoms with Gasteiger partial charge in [-0.25, -0.2) is 4.39 Å². The molecule has 1 unspecified atom stereocenters. The number of aromatic nitrogens is 1. The van der Waals surface area contributed by atoms with Crippen molar-refractivity contribution in [1.29, 1.82) is 0 Å². The molecule has 0 saturated carbocycles. The van der Waals surface area contributed by atoms with E-state index >= 15 is 0 Å². The molecule has 3 nitrogen and oxygen atoms in total. The highest BCUT2D eigenvalue weighted by Crippen LogP contribution is 2.25. The first-order chi connectivity index (χ1) is 9.10. The Kier molecular flexibility index (Phi) is 4.12. The SMILES string of the molecule is CCC(N)c1ccc(Oc2ccc(F)cc2C)cn1. The van der Waals surface area contributed by atoms with Gasteiger partial charge in [0.2, 0.25) is 0 Å². The molecule has 1 aromatic carbocycles. The van der Waals surface area contributed by atoms with Crippen molar-refractivity contribution >= 4 is 0 Å². The molecule has 0 radical (unpaired) electrons. The summed E-state index contributed by atoms with van der Waals surface area (Å²) in [5.41, 5.74) is 7.48. The van der Waals surface area contributed by atoms with E-state index in [1.165, 1.54) is 12.1 Å². The summed E-state index contributed by atoms with van der Waals surface area (Å²) in [6.45, 7) is 3.81. The van der Waals surface area contributed by atoms with E-state index in [-0.39, 0.29) is 11.9 Å². The molecule has 2 N–H and O–H groups in total. The normalized spacial score (nSPS) is 12.2. The van der Waals surface area contributed by atoms with Gasteiger partial charge in [0.25, 0.3) is 0 Å². The van der Waals surface area contributed by atoms with E-state index in [0.717, 1.165) is 17.7 Å². The minimum absolute atomic E-state index is 0.0541. The fraction of sp³-hybridized carbons (Fsp3) is 0.267. The fourth-order valence-corrected chi connectivity index (χ4v) is 1.73. The first-order valence-electron chi connectivity index (χ1n) is 6.25. The number of hydrogen-bond donors (Lipinski definition) is 1. The van der Waals surface area contributed by atoms with Gasteiger partial charge in [-0.2, -0.15) is 0 Å². The lowest BCUT2D eigenvalue weighted by Crippen LogP contribution is -2.10. The van der Waals surface area contributed by atoms with Gasteiger partial charge in [0.1, 0.15) is 17.3 Å². The number of ether oxygens (including phenoxy) is 1. The number of rotatable bonds is 4. The highest BCUT2D eigenvalue weighted by molar-refractivity contribution is 5.36. The van der Waals surface area contributed by atoms with Crippen LogP contribution in [-0.2, 0) is 0 Å². The first kappa shape index (κ1) is 13.5. The average molecular weight is 260 g/mol. The summed E-state index contributed by atoms with van der Waals surface area (Å²) in [4.78, 5) is 4.27. The Balaban J connectivity index is 2.15. The number of hydrogen-bond acceptors (Lipinski definition) is 3. The molecular weight excluding hydrogens is 243 g/mol. The van der Waals surface area contributed by atoms with Crippen LogP contribution in [0.15, 0.2) is 36.5 Å².